The molecule has 3 aromatic heterocycles. The molecular weight excluding hydrogens is 282 g/mol. The Labute approximate surface area is 134 Å². The van der Waals surface area contributed by atoms with Gasteiger partial charge < -0.3 is 4.98 Å². The summed E-state index contributed by atoms with van der Waals surface area (Å²) in [4.78, 5) is 12.7. The van der Waals surface area contributed by atoms with Gasteiger partial charge in [-0.15, -0.1) is 0 Å². The summed E-state index contributed by atoms with van der Waals surface area (Å²) < 4.78 is 0. The van der Waals surface area contributed by atoms with Crippen molar-refractivity contribution in [1.29, 1.82) is 0 Å². The number of hydrogen-bond donors (Lipinski definition) is 1. The average Bonchev–Trinajstić information content (AvgIpc) is 2.97. The molecule has 3 nitrogen and oxygen atoms in total. The molecule has 0 fully saturated rings. The predicted octanol–water partition coefficient (Wildman–Crippen LogP) is 3.99. The highest BCUT2D eigenvalue weighted by atomic mass is 14.8. The van der Waals surface area contributed by atoms with E-state index in [9.17, 15) is 0 Å². The highest BCUT2D eigenvalue weighted by Crippen LogP contribution is 2.30. The van der Waals surface area contributed by atoms with Crippen LogP contribution >= 0.6 is 0 Å². The summed E-state index contributed by atoms with van der Waals surface area (Å²) in [6.45, 7) is 0. The quantitative estimate of drug-likeness (QED) is 0.533. The number of aryl methyl sites for hydroxylation is 4. The number of pyridine rings is 2. The average molecular weight is 299 g/mol. The number of benzene rings is 1. The van der Waals surface area contributed by atoms with Crippen molar-refractivity contribution in [3.05, 3.63) is 71.3 Å². The first-order chi connectivity index (χ1) is 11.4. The molecule has 0 atom stereocenters. The van der Waals surface area contributed by atoms with Crippen LogP contribution in [0.3, 0.4) is 0 Å². The van der Waals surface area contributed by atoms with Gasteiger partial charge in [-0.05, 0) is 48.4 Å². The van der Waals surface area contributed by atoms with Gasteiger partial charge >= 0.3 is 0 Å². The zero-order valence-electron chi connectivity index (χ0n) is 12.8. The van der Waals surface area contributed by atoms with E-state index in [0.29, 0.717) is 0 Å². The molecule has 0 radical (unpaired) electrons. The van der Waals surface area contributed by atoms with Crippen molar-refractivity contribution in [2.45, 2.75) is 25.7 Å². The minimum absolute atomic E-state index is 0.956. The maximum absolute atomic E-state index is 4.81. The summed E-state index contributed by atoms with van der Waals surface area (Å²) in [5, 5.41) is 2.46. The van der Waals surface area contributed by atoms with E-state index in [1.807, 2.05) is 12.4 Å². The number of hydrogen-bond acceptors (Lipinski definition) is 2. The van der Waals surface area contributed by atoms with Crippen molar-refractivity contribution in [2.75, 3.05) is 0 Å². The van der Waals surface area contributed by atoms with Gasteiger partial charge in [0.15, 0.2) is 0 Å². The molecule has 2 aliphatic heterocycles. The number of aromatic amines is 1. The fourth-order valence-corrected chi connectivity index (χ4v) is 3.65. The van der Waals surface area contributed by atoms with Gasteiger partial charge in [-0.1, -0.05) is 24.3 Å². The molecule has 4 bridgehead atoms. The summed E-state index contributed by atoms with van der Waals surface area (Å²) in [6.07, 6.45) is 9.90. The molecule has 0 unspecified atom stereocenters. The van der Waals surface area contributed by atoms with Gasteiger partial charge in [-0.25, -0.2) is 0 Å². The number of nitrogens with zero attached hydrogens (tertiary/aromatic N) is 2. The highest BCUT2D eigenvalue weighted by Gasteiger charge is 2.15. The summed E-state index contributed by atoms with van der Waals surface area (Å²) >= 11 is 0. The Hall–Kier alpha value is -2.68. The lowest BCUT2D eigenvalue weighted by Crippen LogP contribution is -2.01. The number of rotatable bonds is 0. The Balaban J connectivity index is 1.79. The van der Waals surface area contributed by atoms with Gasteiger partial charge in [0.05, 0.1) is 11.2 Å². The van der Waals surface area contributed by atoms with Crippen molar-refractivity contribution < 1.29 is 0 Å². The number of nitrogens with one attached hydrogen (secondary N) is 1. The fourth-order valence-electron chi connectivity index (χ4n) is 3.65. The van der Waals surface area contributed by atoms with Crippen LogP contribution in [0.2, 0.25) is 0 Å². The predicted molar refractivity (Wildman–Crippen MR) is 92.7 cm³/mol. The smallest absolute Gasteiger partial charge is 0.0532 e. The Morgan fingerprint density at radius 1 is 0.826 bits per heavy atom. The zero-order valence-corrected chi connectivity index (χ0v) is 12.8. The highest BCUT2D eigenvalue weighted by molar-refractivity contribution is 6.09. The van der Waals surface area contributed by atoms with Crippen LogP contribution in [0.5, 0.6) is 0 Å². The molecular formula is C20H17N3. The van der Waals surface area contributed by atoms with Gasteiger partial charge in [-0.3, -0.25) is 9.97 Å². The first-order valence-electron chi connectivity index (χ1n) is 8.18. The van der Waals surface area contributed by atoms with Crippen molar-refractivity contribution in [2.24, 2.45) is 0 Å². The molecule has 4 aromatic rings. The van der Waals surface area contributed by atoms with Gasteiger partial charge in [0, 0.05) is 34.9 Å². The maximum Gasteiger partial charge on any atom is 0.0532 e. The van der Waals surface area contributed by atoms with E-state index in [-0.39, 0.29) is 0 Å². The van der Waals surface area contributed by atoms with E-state index >= 15 is 0 Å². The van der Waals surface area contributed by atoms with Crippen molar-refractivity contribution >= 4 is 21.8 Å². The molecule has 1 N–H and O–H groups in total. The van der Waals surface area contributed by atoms with Crippen LogP contribution < -0.4 is 0 Å². The number of fused-ring (bicyclic) bond motifs is 1. The third kappa shape index (κ3) is 2.04. The maximum atomic E-state index is 4.81. The minimum atomic E-state index is 0.956. The summed E-state index contributed by atoms with van der Waals surface area (Å²) in [5.74, 6) is 0. The van der Waals surface area contributed by atoms with Crippen LogP contribution in [0, 0.1) is 0 Å². The lowest BCUT2D eigenvalue weighted by Gasteiger charge is -2.11. The van der Waals surface area contributed by atoms with E-state index in [1.165, 1.54) is 38.7 Å². The lowest BCUT2D eigenvalue weighted by atomic mass is 9.97. The van der Waals surface area contributed by atoms with Crippen LogP contribution in [0.1, 0.15) is 22.4 Å². The molecule has 0 amide bonds. The molecule has 5 heterocycles. The Morgan fingerprint density at radius 3 is 2.43 bits per heavy atom. The normalized spacial score (nSPS) is 14.3. The van der Waals surface area contributed by atoms with E-state index < -0.39 is 0 Å². The van der Waals surface area contributed by atoms with Crippen LogP contribution in [0.25, 0.3) is 21.8 Å². The third-order valence-electron chi connectivity index (χ3n) is 4.94. The molecule has 0 spiro atoms. The van der Waals surface area contributed by atoms with E-state index in [1.54, 1.807) is 0 Å². The third-order valence-corrected chi connectivity index (χ3v) is 4.94. The summed E-state index contributed by atoms with van der Waals surface area (Å²) in [5.41, 5.74) is 7.64. The topological polar surface area (TPSA) is 41.6 Å². The van der Waals surface area contributed by atoms with E-state index in [0.717, 1.165) is 31.2 Å². The second kappa shape index (κ2) is 4.92. The molecule has 0 saturated heterocycles. The Kier molecular flexibility index (Phi) is 2.74. The van der Waals surface area contributed by atoms with Crippen LogP contribution in [0.15, 0.2) is 48.9 Å². The summed E-state index contributed by atoms with van der Waals surface area (Å²) in [7, 11) is 0. The molecule has 1 aromatic carbocycles. The molecule has 3 heteroatoms. The van der Waals surface area contributed by atoms with Crippen molar-refractivity contribution in [3.63, 3.8) is 0 Å². The fraction of sp³-hybridized carbons (Fsp3) is 0.200. The molecule has 2 aliphatic carbocycles. The largest absolute Gasteiger partial charge is 0.354 e. The van der Waals surface area contributed by atoms with Crippen LogP contribution in [-0.2, 0) is 25.7 Å². The first-order valence-corrected chi connectivity index (χ1v) is 8.18. The second-order valence-electron chi connectivity index (χ2n) is 6.34. The monoisotopic (exact) mass is 299 g/mol. The van der Waals surface area contributed by atoms with Crippen molar-refractivity contribution in [1.82, 2.24) is 15.0 Å². The number of H-pyrrole nitrogens is 1. The first kappa shape index (κ1) is 12.8. The SMILES string of the molecule is c1cc2[nH]c3c4cnc(c3c2cn1)CCc1ccc(cc1)CC4. The second-order valence-corrected chi connectivity index (χ2v) is 6.34. The molecule has 0 saturated carbocycles. The Morgan fingerprint density at radius 2 is 1.61 bits per heavy atom. The van der Waals surface area contributed by atoms with Crippen molar-refractivity contribution in [3.8, 4) is 0 Å². The lowest BCUT2D eigenvalue weighted by molar-refractivity contribution is 0.896. The van der Waals surface area contributed by atoms with Crippen LogP contribution in [-0.4, -0.2) is 15.0 Å². The minimum Gasteiger partial charge on any atom is -0.354 e. The molecule has 112 valence electrons. The summed E-state index contributed by atoms with van der Waals surface area (Å²) in [6, 6.07) is 11.1. The Bertz CT molecular complexity index is 1010. The molecule has 4 aliphatic rings. The van der Waals surface area contributed by atoms with Gasteiger partial charge in [0.2, 0.25) is 0 Å². The molecule has 23 heavy (non-hydrogen) atoms. The van der Waals surface area contributed by atoms with E-state index in [4.69, 9.17) is 4.98 Å². The van der Waals surface area contributed by atoms with Gasteiger partial charge in [0.25, 0.3) is 0 Å². The molecule has 8 rings (SSSR count). The van der Waals surface area contributed by atoms with Gasteiger partial charge in [-0.2, -0.15) is 0 Å². The van der Waals surface area contributed by atoms with Crippen LogP contribution in [0.4, 0.5) is 0 Å². The zero-order chi connectivity index (χ0) is 15.2. The number of aromatic nitrogens is 3. The van der Waals surface area contributed by atoms with Gasteiger partial charge in [0.1, 0.15) is 0 Å². The van der Waals surface area contributed by atoms with E-state index in [2.05, 4.69) is 46.5 Å². The standard InChI is InChI=1S/C20H17N3/c1-3-14-4-2-13(1)5-7-15-11-22-18(8-6-14)19-16-12-21-10-9-17(16)23-20(15)19/h1-4,9-12,23H,5-8H2.